The zero-order valence-corrected chi connectivity index (χ0v) is 12.0. The summed E-state index contributed by atoms with van der Waals surface area (Å²) in [5.41, 5.74) is 0. The Morgan fingerprint density at radius 2 is 2.00 bits per heavy atom. The zero-order valence-electron chi connectivity index (χ0n) is 12.0. The van der Waals surface area contributed by atoms with Gasteiger partial charge in [0, 0.05) is 26.2 Å². The van der Waals surface area contributed by atoms with E-state index in [1.54, 1.807) is 16.7 Å². The molecule has 0 spiro atoms. The van der Waals surface area contributed by atoms with Crippen LogP contribution in [0.1, 0.15) is 20.3 Å². The van der Waals surface area contributed by atoms with Crippen molar-refractivity contribution in [3.8, 4) is 0 Å². The van der Waals surface area contributed by atoms with E-state index in [1.807, 2.05) is 6.92 Å². The fourth-order valence-electron chi connectivity index (χ4n) is 2.80. The lowest BCUT2D eigenvalue weighted by Gasteiger charge is -2.39. The fraction of sp³-hybridized carbons (Fsp3) is 0.769. The smallest absolute Gasteiger partial charge is 0.243 e. The molecule has 2 atom stereocenters. The molecule has 20 heavy (non-hydrogen) atoms. The third-order valence-corrected chi connectivity index (χ3v) is 3.96. The van der Waals surface area contributed by atoms with Gasteiger partial charge in [-0.25, -0.2) is 0 Å². The standard InChI is InChI=1S/C13H22N4O3/c1-3-10-12(19)15-11(18)8-17(10)9(2)13(20)16-6-4-14-5-7-16/h9-10,14H,3-8H2,1-2H3,(H,15,18,19). The lowest BCUT2D eigenvalue weighted by Crippen LogP contribution is -2.63. The molecule has 2 fully saturated rings. The van der Waals surface area contributed by atoms with Crippen LogP contribution in [0.3, 0.4) is 0 Å². The van der Waals surface area contributed by atoms with E-state index >= 15 is 0 Å². The highest BCUT2D eigenvalue weighted by molar-refractivity contribution is 6.01. The highest BCUT2D eigenvalue weighted by Crippen LogP contribution is 2.15. The number of nitrogens with one attached hydrogen (secondary N) is 2. The maximum Gasteiger partial charge on any atom is 0.243 e. The van der Waals surface area contributed by atoms with Gasteiger partial charge in [0.1, 0.15) is 0 Å². The van der Waals surface area contributed by atoms with Crippen LogP contribution in [0.2, 0.25) is 0 Å². The molecule has 0 bridgehead atoms. The Balaban J connectivity index is 2.08. The van der Waals surface area contributed by atoms with Crippen molar-refractivity contribution < 1.29 is 14.4 Å². The van der Waals surface area contributed by atoms with Crippen molar-refractivity contribution in [3.63, 3.8) is 0 Å². The van der Waals surface area contributed by atoms with Gasteiger partial charge in [-0.3, -0.25) is 24.6 Å². The number of carbonyl (C=O) groups excluding carboxylic acids is 3. The number of piperazine rings is 2. The largest absolute Gasteiger partial charge is 0.339 e. The molecule has 0 aromatic carbocycles. The first-order valence-corrected chi connectivity index (χ1v) is 7.13. The highest BCUT2D eigenvalue weighted by atomic mass is 16.2. The second-order valence-corrected chi connectivity index (χ2v) is 5.26. The van der Waals surface area contributed by atoms with Gasteiger partial charge in [0.25, 0.3) is 0 Å². The van der Waals surface area contributed by atoms with E-state index < -0.39 is 12.1 Å². The van der Waals surface area contributed by atoms with Crippen LogP contribution in [0.5, 0.6) is 0 Å². The van der Waals surface area contributed by atoms with Gasteiger partial charge in [-0.1, -0.05) is 6.92 Å². The summed E-state index contributed by atoms with van der Waals surface area (Å²) in [7, 11) is 0. The molecule has 3 amide bonds. The Hall–Kier alpha value is -1.47. The van der Waals surface area contributed by atoms with E-state index in [1.165, 1.54) is 0 Å². The molecule has 2 N–H and O–H groups in total. The summed E-state index contributed by atoms with van der Waals surface area (Å²) in [5.74, 6) is -0.643. The average Bonchev–Trinajstić information content (AvgIpc) is 2.46. The van der Waals surface area contributed by atoms with Gasteiger partial charge in [-0.05, 0) is 13.3 Å². The SMILES string of the molecule is CCC1C(=O)NC(=O)CN1C(C)C(=O)N1CCNCC1. The van der Waals surface area contributed by atoms with E-state index in [4.69, 9.17) is 0 Å². The average molecular weight is 282 g/mol. The summed E-state index contributed by atoms with van der Waals surface area (Å²) in [5, 5.41) is 5.53. The Morgan fingerprint density at radius 1 is 1.35 bits per heavy atom. The first-order valence-electron chi connectivity index (χ1n) is 7.13. The third kappa shape index (κ3) is 2.99. The van der Waals surface area contributed by atoms with Gasteiger partial charge in [0.15, 0.2) is 0 Å². The molecule has 7 nitrogen and oxygen atoms in total. The van der Waals surface area contributed by atoms with Crippen LogP contribution < -0.4 is 10.6 Å². The van der Waals surface area contributed by atoms with E-state index in [-0.39, 0.29) is 24.3 Å². The van der Waals surface area contributed by atoms with Crippen LogP contribution in [-0.2, 0) is 14.4 Å². The number of hydrogen-bond donors (Lipinski definition) is 2. The number of amides is 3. The predicted molar refractivity (Wildman–Crippen MR) is 72.8 cm³/mol. The van der Waals surface area contributed by atoms with Gasteiger partial charge in [-0.15, -0.1) is 0 Å². The molecule has 0 radical (unpaired) electrons. The second-order valence-electron chi connectivity index (χ2n) is 5.26. The molecule has 2 aliphatic rings. The fourth-order valence-corrected chi connectivity index (χ4v) is 2.80. The van der Waals surface area contributed by atoms with Crippen molar-refractivity contribution in [2.75, 3.05) is 32.7 Å². The monoisotopic (exact) mass is 282 g/mol. The Bertz CT molecular complexity index is 406. The number of rotatable bonds is 3. The Labute approximate surface area is 118 Å². The molecule has 2 rings (SSSR count). The lowest BCUT2D eigenvalue weighted by atomic mass is 10.1. The Morgan fingerprint density at radius 3 is 2.60 bits per heavy atom. The summed E-state index contributed by atoms with van der Waals surface area (Å²) in [6, 6.07) is -0.859. The van der Waals surface area contributed by atoms with Crippen LogP contribution in [0.4, 0.5) is 0 Å². The maximum absolute atomic E-state index is 12.5. The summed E-state index contributed by atoms with van der Waals surface area (Å²) in [4.78, 5) is 39.4. The molecule has 0 saturated carbocycles. The number of nitrogens with zero attached hydrogens (tertiary/aromatic N) is 2. The molecule has 0 aliphatic carbocycles. The molecular formula is C13H22N4O3. The van der Waals surface area contributed by atoms with E-state index in [0.29, 0.717) is 19.5 Å². The molecule has 2 aliphatic heterocycles. The predicted octanol–water partition coefficient (Wildman–Crippen LogP) is -1.46. The first kappa shape index (κ1) is 14.9. The van der Waals surface area contributed by atoms with Crippen LogP contribution >= 0.6 is 0 Å². The van der Waals surface area contributed by atoms with Gasteiger partial charge in [-0.2, -0.15) is 0 Å². The van der Waals surface area contributed by atoms with Crippen molar-refractivity contribution in [3.05, 3.63) is 0 Å². The molecular weight excluding hydrogens is 260 g/mol. The topological polar surface area (TPSA) is 81.8 Å². The van der Waals surface area contributed by atoms with Crippen LogP contribution in [0.25, 0.3) is 0 Å². The van der Waals surface area contributed by atoms with Crippen molar-refractivity contribution in [1.29, 1.82) is 0 Å². The number of hydrogen-bond acceptors (Lipinski definition) is 5. The van der Waals surface area contributed by atoms with E-state index in [0.717, 1.165) is 13.1 Å². The molecule has 112 valence electrons. The summed E-state index contributed by atoms with van der Waals surface area (Å²) in [6.07, 6.45) is 0.582. The van der Waals surface area contributed by atoms with Crippen molar-refractivity contribution in [1.82, 2.24) is 20.4 Å². The molecule has 2 saturated heterocycles. The van der Waals surface area contributed by atoms with Crippen LogP contribution in [0.15, 0.2) is 0 Å². The molecule has 2 heterocycles. The van der Waals surface area contributed by atoms with Gasteiger partial charge < -0.3 is 10.2 Å². The molecule has 2 unspecified atom stereocenters. The number of imide groups is 1. The lowest BCUT2D eigenvalue weighted by molar-refractivity contribution is -0.146. The summed E-state index contributed by atoms with van der Waals surface area (Å²) >= 11 is 0. The normalized spacial score (nSPS) is 26.3. The number of carbonyl (C=O) groups is 3. The van der Waals surface area contributed by atoms with Crippen LogP contribution in [0, 0.1) is 0 Å². The quantitative estimate of drug-likeness (QED) is 0.619. The molecule has 0 aromatic rings. The van der Waals surface area contributed by atoms with Crippen molar-refractivity contribution >= 4 is 17.7 Å². The second kappa shape index (κ2) is 6.32. The minimum atomic E-state index is -0.451. The van der Waals surface area contributed by atoms with Crippen molar-refractivity contribution in [2.24, 2.45) is 0 Å². The highest BCUT2D eigenvalue weighted by Gasteiger charge is 2.38. The molecule has 0 aromatic heterocycles. The van der Waals surface area contributed by atoms with E-state index in [9.17, 15) is 14.4 Å². The zero-order chi connectivity index (χ0) is 14.7. The van der Waals surface area contributed by atoms with Gasteiger partial charge in [0.05, 0.1) is 18.6 Å². The first-order chi connectivity index (χ1) is 9.54. The van der Waals surface area contributed by atoms with E-state index in [2.05, 4.69) is 10.6 Å². The summed E-state index contributed by atoms with van der Waals surface area (Å²) in [6.45, 7) is 6.68. The van der Waals surface area contributed by atoms with Gasteiger partial charge >= 0.3 is 0 Å². The van der Waals surface area contributed by atoms with Crippen LogP contribution in [-0.4, -0.2) is 72.3 Å². The minimum absolute atomic E-state index is 0.00699. The summed E-state index contributed by atoms with van der Waals surface area (Å²) < 4.78 is 0. The third-order valence-electron chi connectivity index (χ3n) is 3.96. The Kier molecular flexibility index (Phi) is 4.72. The molecule has 7 heteroatoms. The minimum Gasteiger partial charge on any atom is -0.339 e. The maximum atomic E-state index is 12.5. The van der Waals surface area contributed by atoms with Crippen molar-refractivity contribution in [2.45, 2.75) is 32.4 Å². The van der Waals surface area contributed by atoms with Gasteiger partial charge in [0.2, 0.25) is 17.7 Å².